The molecule has 0 fully saturated rings. The molecule has 30 heavy (non-hydrogen) atoms. The van der Waals surface area contributed by atoms with E-state index in [1.807, 2.05) is 0 Å². The van der Waals surface area contributed by atoms with Gasteiger partial charge in [0.25, 0.3) is 5.91 Å². The van der Waals surface area contributed by atoms with E-state index in [-0.39, 0.29) is 11.3 Å². The molecule has 0 saturated carbocycles. The van der Waals surface area contributed by atoms with E-state index in [1.165, 1.54) is 45.8 Å². The molecule has 0 spiro atoms. The summed E-state index contributed by atoms with van der Waals surface area (Å²) in [6.07, 6.45) is 0. The van der Waals surface area contributed by atoms with Crippen molar-refractivity contribution in [1.82, 2.24) is 4.98 Å². The Balaban J connectivity index is 1.95. The largest absolute Gasteiger partial charge is 0.496 e. The third-order valence-electron chi connectivity index (χ3n) is 4.34. The van der Waals surface area contributed by atoms with Crippen LogP contribution in [0.1, 0.15) is 15.4 Å². The molecule has 0 radical (unpaired) electrons. The average molecular weight is 432 g/mol. The van der Waals surface area contributed by atoms with Crippen molar-refractivity contribution in [3.05, 3.63) is 46.7 Å². The molecule has 0 aliphatic rings. The smallest absolute Gasteiger partial charge is 0.275 e. The highest BCUT2D eigenvalue weighted by Crippen LogP contribution is 2.40. The monoisotopic (exact) mass is 432 g/mol. The number of benzene rings is 2. The molecule has 0 atom stereocenters. The summed E-state index contributed by atoms with van der Waals surface area (Å²) in [5.74, 6) is 0.647. The minimum Gasteiger partial charge on any atom is -0.496 e. The van der Waals surface area contributed by atoms with E-state index >= 15 is 0 Å². The van der Waals surface area contributed by atoms with Crippen LogP contribution in [0.25, 0.3) is 10.6 Å². The Kier molecular flexibility index (Phi) is 6.41. The number of methoxy groups -OCH3 is 4. The Morgan fingerprint density at radius 2 is 1.63 bits per heavy atom. The molecular weight excluding hydrogens is 411 g/mol. The number of amides is 1. The van der Waals surface area contributed by atoms with Crippen LogP contribution in [-0.2, 0) is 0 Å². The minimum atomic E-state index is -0.473. The van der Waals surface area contributed by atoms with Crippen LogP contribution in [0.3, 0.4) is 0 Å². The lowest BCUT2D eigenvalue weighted by Gasteiger charge is -2.14. The van der Waals surface area contributed by atoms with Gasteiger partial charge in [-0.1, -0.05) is 6.07 Å². The van der Waals surface area contributed by atoms with Gasteiger partial charge in [0.2, 0.25) is 5.75 Å². The van der Waals surface area contributed by atoms with Crippen molar-refractivity contribution in [1.29, 1.82) is 0 Å². The number of anilines is 1. The Morgan fingerprint density at radius 1 is 1.00 bits per heavy atom. The Morgan fingerprint density at radius 3 is 2.20 bits per heavy atom. The topological polar surface area (TPSA) is 78.9 Å². The van der Waals surface area contributed by atoms with Crippen LogP contribution >= 0.6 is 11.3 Å². The number of rotatable bonds is 7. The van der Waals surface area contributed by atoms with Crippen molar-refractivity contribution in [2.24, 2.45) is 0 Å². The van der Waals surface area contributed by atoms with Crippen molar-refractivity contribution in [3.63, 3.8) is 0 Å². The number of aromatic nitrogens is 1. The normalized spacial score (nSPS) is 10.5. The predicted octanol–water partition coefficient (Wildman–Crippen LogP) is 4.54. The van der Waals surface area contributed by atoms with E-state index < -0.39 is 11.7 Å². The number of carbonyl (C=O) groups excluding carboxylic acids is 1. The summed E-state index contributed by atoms with van der Waals surface area (Å²) < 4.78 is 35.5. The number of aryl methyl sites for hydroxylation is 1. The summed E-state index contributed by atoms with van der Waals surface area (Å²) >= 11 is 1.21. The zero-order chi connectivity index (χ0) is 21.8. The predicted molar refractivity (Wildman–Crippen MR) is 113 cm³/mol. The van der Waals surface area contributed by atoms with Gasteiger partial charge in [-0.3, -0.25) is 4.79 Å². The lowest BCUT2D eigenvalue weighted by atomic mass is 10.2. The maximum absolute atomic E-state index is 14.4. The summed E-state index contributed by atoms with van der Waals surface area (Å²) in [4.78, 5) is 17.9. The minimum absolute atomic E-state index is 0.189. The van der Waals surface area contributed by atoms with Crippen LogP contribution in [0, 0.1) is 12.7 Å². The molecular formula is C21H21FN2O5S. The Bertz CT molecular complexity index is 1060. The van der Waals surface area contributed by atoms with Gasteiger partial charge in [0.1, 0.15) is 22.3 Å². The molecule has 1 aromatic heterocycles. The third kappa shape index (κ3) is 4.02. The van der Waals surface area contributed by atoms with Gasteiger partial charge in [0, 0.05) is 22.7 Å². The van der Waals surface area contributed by atoms with Crippen LogP contribution in [0.15, 0.2) is 30.3 Å². The Labute approximate surface area is 177 Å². The van der Waals surface area contributed by atoms with Gasteiger partial charge in [-0.05, 0) is 19.1 Å². The summed E-state index contributed by atoms with van der Waals surface area (Å²) in [5.41, 5.74) is 0.848. The van der Waals surface area contributed by atoms with Crippen molar-refractivity contribution in [2.45, 2.75) is 6.92 Å². The molecule has 0 aliphatic carbocycles. The first-order valence-electron chi connectivity index (χ1n) is 8.85. The zero-order valence-electron chi connectivity index (χ0n) is 17.2. The summed E-state index contributed by atoms with van der Waals surface area (Å²) in [6, 6.07) is 7.74. The lowest BCUT2D eigenvalue weighted by molar-refractivity contribution is 0.102. The molecule has 1 amide bonds. The number of nitrogens with zero attached hydrogens (tertiary/aromatic N) is 1. The number of ether oxygens (including phenoxy) is 4. The van der Waals surface area contributed by atoms with Crippen molar-refractivity contribution < 1.29 is 28.1 Å². The number of thiazole rings is 1. The van der Waals surface area contributed by atoms with E-state index in [9.17, 15) is 9.18 Å². The van der Waals surface area contributed by atoms with Crippen LogP contribution in [-0.4, -0.2) is 39.3 Å². The number of carbonyl (C=O) groups is 1. The van der Waals surface area contributed by atoms with E-state index in [2.05, 4.69) is 10.3 Å². The molecule has 1 N–H and O–H groups in total. The fraction of sp³-hybridized carbons (Fsp3) is 0.238. The van der Waals surface area contributed by atoms with Gasteiger partial charge in [0.15, 0.2) is 11.5 Å². The highest BCUT2D eigenvalue weighted by atomic mass is 32.1. The van der Waals surface area contributed by atoms with Crippen LogP contribution in [0.5, 0.6) is 23.0 Å². The van der Waals surface area contributed by atoms with Gasteiger partial charge in [-0.15, -0.1) is 11.3 Å². The molecule has 0 bridgehead atoms. The van der Waals surface area contributed by atoms with Crippen LogP contribution in [0.2, 0.25) is 0 Å². The molecule has 0 aliphatic heterocycles. The molecule has 9 heteroatoms. The quantitative estimate of drug-likeness (QED) is 0.590. The SMILES string of the molecule is COc1cc(NC(=O)c2nc(-c3c(F)cccc3OC)sc2C)cc(OC)c1OC. The van der Waals surface area contributed by atoms with Crippen LogP contribution in [0.4, 0.5) is 10.1 Å². The van der Waals surface area contributed by atoms with Gasteiger partial charge >= 0.3 is 0 Å². The molecule has 158 valence electrons. The highest BCUT2D eigenvalue weighted by molar-refractivity contribution is 7.15. The fourth-order valence-electron chi connectivity index (χ4n) is 2.94. The zero-order valence-corrected chi connectivity index (χ0v) is 18.0. The van der Waals surface area contributed by atoms with E-state index in [4.69, 9.17) is 18.9 Å². The average Bonchev–Trinajstić information content (AvgIpc) is 3.13. The molecule has 3 rings (SSSR count). The standard InChI is InChI=1S/C21H21FN2O5S/c1-11-18(24-21(30-11)17-13(22)7-6-8-14(17)26-2)20(25)23-12-9-15(27-3)19(29-5)16(10-12)28-4/h6-10H,1-5H3,(H,23,25). The van der Waals surface area contributed by atoms with E-state index in [1.54, 1.807) is 31.2 Å². The molecule has 1 heterocycles. The maximum atomic E-state index is 14.4. The number of halogens is 1. The van der Waals surface area contributed by atoms with Gasteiger partial charge in [-0.25, -0.2) is 9.37 Å². The summed E-state index contributed by atoms with van der Waals surface area (Å²) in [7, 11) is 5.93. The van der Waals surface area contributed by atoms with Gasteiger partial charge in [0.05, 0.1) is 34.0 Å². The second kappa shape index (κ2) is 9.00. The lowest BCUT2D eigenvalue weighted by Crippen LogP contribution is -2.14. The van der Waals surface area contributed by atoms with Crippen molar-refractivity contribution in [2.75, 3.05) is 33.8 Å². The fourth-order valence-corrected chi connectivity index (χ4v) is 3.90. The number of nitrogens with one attached hydrogen (secondary N) is 1. The molecule has 2 aromatic carbocycles. The van der Waals surface area contributed by atoms with Gasteiger partial charge in [-0.2, -0.15) is 0 Å². The van der Waals surface area contributed by atoms with E-state index in [0.717, 1.165) is 0 Å². The second-order valence-corrected chi connectivity index (χ2v) is 7.31. The number of hydrogen-bond acceptors (Lipinski definition) is 7. The summed E-state index contributed by atoms with van der Waals surface area (Å²) in [6.45, 7) is 1.75. The first-order chi connectivity index (χ1) is 14.4. The second-order valence-electron chi connectivity index (χ2n) is 6.11. The summed E-state index contributed by atoms with van der Waals surface area (Å²) in [5, 5.41) is 3.13. The number of hydrogen-bond donors (Lipinski definition) is 1. The Hall–Kier alpha value is -3.33. The molecule has 3 aromatic rings. The molecule has 7 nitrogen and oxygen atoms in total. The third-order valence-corrected chi connectivity index (χ3v) is 5.33. The maximum Gasteiger partial charge on any atom is 0.275 e. The van der Waals surface area contributed by atoms with Crippen molar-refractivity contribution >= 4 is 22.9 Å². The molecule has 0 saturated heterocycles. The van der Waals surface area contributed by atoms with E-state index in [0.29, 0.717) is 38.6 Å². The van der Waals surface area contributed by atoms with Crippen LogP contribution < -0.4 is 24.3 Å². The molecule has 0 unspecified atom stereocenters. The van der Waals surface area contributed by atoms with Gasteiger partial charge < -0.3 is 24.3 Å². The first-order valence-corrected chi connectivity index (χ1v) is 9.66. The van der Waals surface area contributed by atoms with Crippen molar-refractivity contribution in [3.8, 4) is 33.6 Å². The first kappa shape index (κ1) is 21.4. The highest BCUT2D eigenvalue weighted by Gasteiger charge is 2.22.